The quantitative estimate of drug-likeness (QED) is 0.824. The average molecular weight is 267 g/mol. The van der Waals surface area contributed by atoms with Crippen molar-refractivity contribution in [1.82, 2.24) is 4.90 Å². The van der Waals surface area contributed by atoms with Crippen molar-refractivity contribution in [3.8, 4) is 0 Å². The number of hydrogen-bond acceptors (Lipinski definition) is 4. The third kappa shape index (κ3) is 4.61. The van der Waals surface area contributed by atoms with Crippen molar-refractivity contribution in [3.05, 3.63) is 29.8 Å². The first-order valence-electron chi connectivity index (χ1n) is 6.41. The van der Waals surface area contributed by atoms with E-state index in [0.29, 0.717) is 0 Å². The minimum atomic E-state index is -0.270. The first-order valence-corrected chi connectivity index (χ1v) is 7.40. The molecule has 0 aliphatic carbocycles. The fourth-order valence-corrected chi connectivity index (χ4v) is 2.97. The van der Waals surface area contributed by atoms with E-state index in [4.69, 9.17) is 4.74 Å². The van der Waals surface area contributed by atoms with Crippen LogP contribution in [-0.4, -0.2) is 54.7 Å². The SMILES string of the molecule is Cc1cccc(SCC(O)CN2CCOCC2)c1. The van der Waals surface area contributed by atoms with Gasteiger partial charge in [0.15, 0.2) is 0 Å². The summed E-state index contributed by atoms with van der Waals surface area (Å²) in [5.74, 6) is 0.751. The summed E-state index contributed by atoms with van der Waals surface area (Å²) in [5, 5.41) is 10.0. The summed E-state index contributed by atoms with van der Waals surface area (Å²) < 4.78 is 5.30. The Bertz CT molecular complexity index is 367. The van der Waals surface area contributed by atoms with Crippen LogP contribution in [0.5, 0.6) is 0 Å². The van der Waals surface area contributed by atoms with Gasteiger partial charge in [-0.05, 0) is 19.1 Å². The number of thioether (sulfide) groups is 1. The fraction of sp³-hybridized carbons (Fsp3) is 0.571. The molecule has 0 radical (unpaired) electrons. The maximum Gasteiger partial charge on any atom is 0.0760 e. The van der Waals surface area contributed by atoms with Gasteiger partial charge in [-0.25, -0.2) is 0 Å². The lowest BCUT2D eigenvalue weighted by atomic mass is 10.2. The summed E-state index contributed by atoms with van der Waals surface area (Å²) in [4.78, 5) is 3.50. The minimum Gasteiger partial charge on any atom is -0.391 e. The lowest BCUT2D eigenvalue weighted by Gasteiger charge is -2.28. The number of nitrogens with zero attached hydrogens (tertiary/aromatic N) is 1. The van der Waals surface area contributed by atoms with Crippen LogP contribution in [0.25, 0.3) is 0 Å². The second-order valence-electron chi connectivity index (χ2n) is 4.69. The highest BCUT2D eigenvalue weighted by Crippen LogP contribution is 2.20. The molecule has 1 heterocycles. The predicted molar refractivity (Wildman–Crippen MR) is 75.2 cm³/mol. The van der Waals surface area contributed by atoms with Gasteiger partial charge >= 0.3 is 0 Å². The molecule has 0 bridgehead atoms. The molecule has 1 aromatic rings. The molecule has 0 saturated carbocycles. The standard InChI is InChI=1S/C14H21NO2S/c1-12-3-2-4-14(9-12)18-11-13(16)10-15-5-7-17-8-6-15/h2-4,9,13,16H,5-8,10-11H2,1H3. The maximum absolute atomic E-state index is 10.0. The second-order valence-corrected chi connectivity index (χ2v) is 5.79. The van der Waals surface area contributed by atoms with Crippen molar-refractivity contribution in [1.29, 1.82) is 0 Å². The molecular formula is C14H21NO2S. The molecule has 3 nitrogen and oxygen atoms in total. The third-order valence-corrected chi connectivity index (χ3v) is 4.14. The smallest absolute Gasteiger partial charge is 0.0760 e. The Balaban J connectivity index is 1.72. The molecule has 1 atom stereocenters. The highest BCUT2D eigenvalue weighted by atomic mass is 32.2. The summed E-state index contributed by atoms with van der Waals surface area (Å²) in [5.41, 5.74) is 1.27. The highest BCUT2D eigenvalue weighted by molar-refractivity contribution is 7.99. The molecule has 1 fully saturated rings. The van der Waals surface area contributed by atoms with Crippen LogP contribution in [0.15, 0.2) is 29.2 Å². The van der Waals surface area contributed by atoms with Gasteiger partial charge in [-0.3, -0.25) is 4.90 Å². The largest absolute Gasteiger partial charge is 0.391 e. The number of aliphatic hydroxyl groups is 1. The predicted octanol–water partition coefficient (Wildman–Crippen LogP) is 1.78. The van der Waals surface area contributed by atoms with Crippen LogP contribution in [0, 0.1) is 6.92 Å². The summed E-state index contributed by atoms with van der Waals surface area (Å²) in [6.07, 6.45) is -0.270. The zero-order valence-corrected chi connectivity index (χ0v) is 11.7. The lowest BCUT2D eigenvalue weighted by Crippen LogP contribution is -2.41. The molecule has 1 aliphatic heterocycles. The van der Waals surface area contributed by atoms with E-state index in [2.05, 4.69) is 36.1 Å². The van der Waals surface area contributed by atoms with Gasteiger partial charge in [0.05, 0.1) is 19.3 Å². The minimum absolute atomic E-state index is 0.270. The summed E-state index contributed by atoms with van der Waals surface area (Å²) in [6.45, 7) is 6.30. The first-order chi connectivity index (χ1) is 8.74. The summed E-state index contributed by atoms with van der Waals surface area (Å²) >= 11 is 1.72. The summed E-state index contributed by atoms with van der Waals surface area (Å²) in [6, 6.07) is 8.41. The van der Waals surface area contributed by atoms with Crippen LogP contribution in [0.2, 0.25) is 0 Å². The van der Waals surface area contributed by atoms with E-state index in [1.54, 1.807) is 11.8 Å². The molecule has 0 aromatic heterocycles. The maximum atomic E-state index is 10.0. The molecule has 1 saturated heterocycles. The zero-order chi connectivity index (χ0) is 12.8. The molecule has 1 N–H and O–H groups in total. The average Bonchev–Trinajstić information content (AvgIpc) is 2.38. The Morgan fingerprint density at radius 2 is 2.17 bits per heavy atom. The third-order valence-electron chi connectivity index (χ3n) is 3.00. The molecule has 1 aliphatic rings. The van der Waals surface area contributed by atoms with Gasteiger partial charge in [0.2, 0.25) is 0 Å². The highest BCUT2D eigenvalue weighted by Gasteiger charge is 2.14. The molecule has 100 valence electrons. The van der Waals surface area contributed by atoms with Crippen molar-refractivity contribution < 1.29 is 9.84 Å². The monoisotopic (exact) mass is 267 g/mol. The van der Waals surface area contributed by atoms with Crippen LogP contribution in [0.1, 0.15) is 5.56 Å². The molecule has 1 aromatic carbocycles. The van der Waals surface area contributed by atoms with Gasteiger partial charge in [-0.1, -0.05) is 17.7 Å². The second kappa shape index (κ2) is 7.14. The van der Waals surface area contributed by atoms with Crippen LogP contribution in [-0.2, 0) is 4.74 Å². The van der Waals surface area contributed by atoms with Crippen LogP contribution >= 0.6 is 11.8 Å². The first kappa shape index (κ1) is 13.9. The number of β-amino-alcohol motifs (C(OH)–C–C–N with tert-alkyl or cyclic N) is 1. The van der Waals surface area contributed by atoms with E-state index in [1.807, 2.05) is 0 Å². The van der Waals surface area contributed by atoms with E-state index in [9.17, 15) is 5.11 Å². The van der Waals surface area contributed by atoms with E-state index in [0.717, 1.165) is 38.6 Å². The van der Waals surface area contributed by atoms with Crippen molar-refractivity contribution in [2.45, 2.75) is 17.9 Å². The van der Waals surface area contributed by atoms with Gasteiger partial charge in [0.1, 0.15) is 0 Å². The van der Waals surface area contributed by atoms with E-state index in [1.165, 1.54) is 10.5 Å². The summed E-state index contributed by atoms with van der Waals surface area (Å²) in [7, 11) is 0. The Labute approximate surface area is 113 Å². The molecule has 0 amide bonds. The van der Waals surface area contributed by atoms with Crippen molar-refractivity contribution in [2.75, 3.05) is 38.6 Å². The van der Waals surface area contributed by atoms with Crippen LogP contribution in [0.3, 0.4) is 0 Å². The van der Waals surface area contributed by atoms with Crippen molar-refractivity contribution in [2.24, 2.45) is 0 Å². The van der Waals surface area contributed by atoms with Crippen LogP contribution in [0.4, 0.5) is 0 Å². The van der Waals surface area contributed by atoms with Gasteiger partial charge in [0.25, 0.3) is 0 Å². The number of rotatable bonds is 5. The van der Waals surface area contributed by atoms with Gasteiger partial charge in [0, 0.05) is 30.3 Å². The molecule has 2 rings (SSSR count). The Hall–Kier alpha value is -0.550. The fourth-order valence-electron chi connectivity index (χ4n) is 2.03. The number of hydrogen-bond donors (Lipinski definition) is 1. The topological polar surface area (TPSA) is 32.7 Å². The van der Waals surface area contributed by atoms with Crippen LogP contribution < -0.4 is 0 Å². The van der Waals surface area contributed by atoms with E-state index in [-0.39, 0.29) is 6.10 Å². The molecular weight excluding hydrogens is 246 g/mol. The van der Waals surface area contributed by atoms with Gasteiger partial charge in [-0.2, -0.15) is 0 Å². The van der Waals surface area contributed by atoms with E-state index < -0.39 is 0 Å². The number of morpholine rings is 1. The van der Waals surface area contributed by atoms with Crippen molar-refractivity contribution >= 4 is 11.8 Å². The molecule has 1 unspecified atom stereocenters. The molecule has 4 heteroatoms. The zero-order valence-electron chi connectivity index (χ0n) is 10.8. The Kier molecular flexibility index (Phi) is 5.50. The number of aliphatic hydroxyl groups excluding tert-OH is 1. The number of benzene rings is 1. The van der Waals surface area contributed by atoms with E-state index >= 15 is 0 Å². The van der Waals surface area contributed by atoms with Gasteiger partial charge in [-0.15, -0.1) is 11.8 Å². The molecule has 0 spiro atoms. The normalized spacial score (nSPS) is 18.8. The van der Waals surface area contributed by atoms with Crippen molar-refractivity contribution in [3.63, 3.8) is 0 Å². The Morgan fingerprint density at radius 1 is 1.39 bits per heavy atom. The number of aryl methyl sites for hydroxylation is 1. The molecule has 18 heavy (non-hydrogen) atoms. The lowest BCUT2D eigenvalue weighted by molar-refractivity contribution is 0.0188. The number of ether oxygens (including phenoxy) is 1. The van der Waals surface area contributed by atoms with Gasteiger partial charge < -0.3 is 9.84 Å². The Morgan fingerprint density at radius 3 is 2.89 bits per heavy atom.